The molecule has 0 atom stereocenters. The van der Waals surface area contributed by atoms with Gasteiger partial charge in [-0.1, -0.05) is 6.08 Å². The van der Waals surface area contributed by atoms with Gasteiger partial charge in [0.1, 0.15) is 0 Å². The molecule has 0 saturated carbocycles. The molecule has 4 nitrogen and oxygen atoms in total. The highest BCUT2D eigenvalue weighted by Gasteiger charge is 2.30. The lowest BCUT2D eigenvalue weighted by atomic mass is 10.5. The molecule has 0 bridgehead atoms. The smallest absolute Gasteiger partial charge is 0.319 e. The first-order chi connectivity index (χ1) is 5.66. The number of rotatable bonds is 2. The summed E-state index contributed by atoms with van der Waals surface area (Å²) in [7, 11) is 0. The fraction of sp³-hybridized carbons (Fsp3) is 0.429. The Labute approximate surface area is 84.3 Å². The first kappa shape index (κ1) is 9.50. The molecule has 0 aromatic rings. The SMILES string of the molecule is C=CCN1CCN(C(=O)I)C1=O. The number of halogens is 1. The Balaban J connectivity index is 2.60. The third-order valence-corrected chi connectivity index (χ3v) is 2.24. The minimum Gasteiger partial charge on any atom is -0.319 e. The normalized spacial score (nSPS) is 16.9. The van der Waals surface area contributed by atoms with E-state index in [9.17, 15) is 9.59 Å². The highest BCUT2D eigenvalue weighted by molar-refractivity contribution is 14.1. The summed E-state index contributed by atoms with van der Waals surface area (Å²) in [6.07, 6.45) is 1.65. The van der Waals surface area contributed by atoms with Crippen LogP contribution in [0.3, 0.4) is 0 Å². The van der Waals surface area contributed by atoms with Gasteiger partial charge in [0.25, 0.3) is 3.91 Å². The Morgan fingerprint density at radius 3 is 2.75 bits per heavy atom. The van der Waals surface area contributed by atoms with Crippen molar-refractivity contribution in [3.63, 3.8) is 0 Å². The first-order valence-corrected chi connectivity index (χ1v) is 4.61. The fourth-order valence-corrected chi connectivity index (χ4v) is 1.52. The van der Waals surface area contributed by atoms with Crippen molar-refractivity contribution in [1.82, 2.24) is 9.80 Å². The maximum absolute atomic E-state index is 11.3. The van der Waals surface area contributed by atoms with E-state index >= 15 is 0 Å². The number of carbonyl (C=O) groups is 2. The summed E-state index contributed by atoms with van der Waals surface area (Å²) in [4.78, 5) is 25.0. The maximum Gasteiger partial charge on any atom is 0.327 e. The number of nitrogens with zero attached hydrogens (tertiary/aromatic N) is 2. The number of urea groups is 1. The van der Waals surface area contributed by atoms with E-state index in [-0.39, 0.29) is 9.95 Å². The van der Waals surface area contributed by atoms with Crippen LogP contribution in [0.25, 0.3) is 0 Å². The van der Waals surface area contributed by atoms with Gasteiger partial charge in [0, 0.05) is 42.2 Å². The van der Waals surface area contributed by atoms with Gasteiger partial charge in [-0.25, -0.2) is 4.79 Å². The summed E-state index contributed by atoms with van der Waals surface area (Å²) >= 11 is 1.61. The predicted octanol–water partition coefficient (Wildman–Crippen LogP) is 1.47. The molecule has 0 radical (unpaired) electrons. The number of imide groups is 1. The third kappa shape index (κ3) is 1.77. The molecule has 1 aliphatic heterocycles. The van der Waals surface area contributed by atoms with Crippen LogP contribution in [-0.4, -0.2) is 39.4 Å². The van der Waals surface area contributed by atoms with Crippen LogP contribution in [0.5, 0.6) is 0 Å². The molecule has 3 amide bonds. The van der Waals surface area contributed by atoms with Crippen molar-refractivity contribution in [2.75, 3.05) is 19.6 Å². The monoisotopic (exact) mass is 280 g/mol. The van der Waals surface area contributed by atoms with Crippen molar-refractivity contribution in [1.29, 1.82) is 0 Å². The number of amides is 3. The minimum atomic E-state index is -0.218. The van der Waals surface area contributed by atoms with Gasteiger partial charge in [0.15, 0.2) is 0 Å². The van der Waals surface area contributed by atoms with E-state index in [1.165, 1.54) is 4.90 Å². The second kappa shape index (κ2) is 3.88. The van der Waals surface area contributed by atoms with Crippen molar-refractivity contribution in [3.05, 3.63) is 12.7 Å². The summed E-state index contributed by atoms with van der Waals surface area (Å²) in [5.74, 6) is 0. The fourth-order valence-electron chi connectivity index (χ4n) is 1.07. The average molecular weight is 280 g/mol. The molecule has 0 aliphatic carbocycles. The van der Waals surface area contributed by atoms with Crippen LogP contribution in [0.1, 0.15) is 0 Å². The molecule has 0 aromatic heterocycles. The summed E-state index contributed by atoms with van der Waals surface area (Å²) in [5.41, 5.74) is 0. The highest BCUT2D eigenvalue weighted by atomic mass is 127. The average Bonchev–Trinajstić information content (AvgIpc) is 2.34. The third-order valence-electron chi connectivity index (χ3n) is 1.66. The molecule has 5 heteroatoms. The van der Waals surface area contributed by atoms with Gasteiger partial charge < -0.3 is 4.90 Å². The second-order valence-corrected chi connectivity index (χ2v) is 3.34. The summed E-state index contributed by atoms with van der Waals surface area (Å²) < 4.78 is -0.218. The molecule has 12 heavy (non-hydrogen) atoms. The number of hydrogen-bond acceptors (Lipinski definition) is 2. The highest BCUT2D eigenvalue weighted by Crippen LogP contribution is 2.11. The standard InChI is InChI=1S/C7H9IN2O2/c1-2-3-9-4-5-10(6(8)11)7(9)12/h2H,1,3-5H2. The lowest BCUT2D eigenvalue weighted by molar-refractivity contribution is 0.198. The molecule has 66 valence electrons. The Kier molecular flexibility index (Phi) is 3.07. The quantitative estimate of drug-likeness (QED) is 0.332. The topological polar surface area (TPSA) is 40.6 Å². The number of hydrogen-bond donors (Lipinski definition) is 0. The van der Waals surface area contributed by atoms with Crippen LogP contribution in [0.15, 0.2) is 12.7 Å². The zero-order chi connectivity index (χ0) is 9.14. The zero-order valence-corrected chi connectivity index (χ0v) is 8.65. The second-order valence-electron chi connectivity index (χ2n) is 2.42. The van der Waals surface area contributed by atoms with Gasteiger partial charge >= 0.3 is 6.03 Å². The van der Waals surface area contributed by atoms with Gasteiger partial charge in [-0.2, -0.15) is 0 Å². The molecular weight excluding hydrogens is 271 g/mol. The molecule has 1 fully saturated rings. The molecular formula is C7H9IN2O2. The van der Waals surface area contributed by atoms with Crippen LogP contribution in [0.4, 0.5) is 9.59 Å². The minimum absolute atomic E-state index is 0.214. The van der Waals surface area contributed by atoms with Gasteiger partial charge in [0.05, 0.1) is 0 Å². The van der Waals surface area contributed by atoms with E-state index in [1.54, 1.807) is 33.6 Å². The van der Waals surface area contributed by atoms with Crippen LogP contribution in [0, 0.1) is 0 Å². The van der Waals surface area contributed by atoms with Crippen LogP contribution in [0.2, 0.25) is 0 Å². The Hall–Kier alpha value is -0.590. The van der Waals surface area contributed by atoms with Gasteiger partial charge in [-0.15, -0.1) is 6.58 Å². The lowest BCUT2D eigenvalue weighted by Gasteiger charge is -2.13. The van der Waals surface area contributed by atoms with Gasteiger partial charge in [-0.05, 0) is 0 Å². The molecule has 1 heterocycles. The number of carbonyl (C=O) groups excluding carboxylic acids is 2. The maximum atomic E-state index is 11.3. The molecule has 1 aliphatic rings. The largest absolute Gasteiger partial charge is 0.327 e. The summed E-state index contributed by atoms with van der Waals surface area (Å²) in [6.45, 7) is 5.15. The Morgan fingerprint density at radius 2 is 2.33 bits per heavy atom. The zero-order valence-electron chi connectivity index (χ0n) is 6.49. The molecule has 0 aromatic carbocycles. The van der Waals surface area contributed by atoms with Gasteiger partial charge in [-0.3, -0.25) is 9.69 Å². The van der Waals surface area contributed by atoms with Gasteiger partial charge in [0.2, 0.25) is 0 Å². The van der Waals surface area contributed by atoms with E-state index < -0.39 is 0 Å². The molecule has 1 rings (SSSR count). The Bertz CT molecular complexity index is 229. The first-order valence-electron chi connectivity index (χ1n) is 3.53. The molecule has 0 spiro atoms. The van der Waals surface area contributed by atoms with Crippen molar-refractivity contribution in [2.45, 2.75) is 0 Å². The van der Waals surface area contributed by atoms with Crippen molar-refractivity contribution in [3.8, 4) is 0 Å². The van der Waals surface area contributed by atoms with E-state index in [0.29, 0.717) is 19.6 Å². The van der Waals surface area contributed by atoms with Crippen molar-refractivity contribution < 1.29 is 9.59 Å². The van der Waals surface area contributed by atoms with Crippen LogP contribution < -0.4 is 0 Å². The van der Waals surface area contributed by atoms with Crippen molar-refractivity contribution in [2.24, 2.45) is 0 Å². The summed E-state index contributed by atoms with van der Waals surface area (Å²) in [6, 6.07) is -0.214. The predicted molar refractivity (Wildman–Crippen MR) is 53.3 cm³/mol. The Morgan fingerprint density at radius 1 is 1.67 bits per heavy atom. The van der Waals surface area contributed by atoms with E-state index in [0.717, 1.165) is 0 Å². The van der Waals surface area contributed by atoms with Crippen LogP contribution in [-0.2, 0) is 0 Å². The molecule has 1 saturated heterocycles. The van der Waals surface area contributed by atoms with E-state index in [2.05, 4.69) is 6.58 Å². The van der Waals surface area contributed by atoms with E-state index in [1.807, 2.05) is 0 Å². The van der Waals surface area contributed by atoms with Crippen molar-refractivity contribution >= 4 is 32.5 Å². The molecule has 0 N–H and O–H groups in total. The van der Waals surface area contributed by atoms with E-state index in [4.69, 9.17) is 0 Å². The van der Waals surface area contributed by atoms with Crippen LogP contribution >= 0.6 is 22.6 Å². The molecule has 0 unspecified atom stereocenters. The lowest BCUT2D eigenvalue weighted by Crippen LogP contribution is -2.33. The summed E-state index contributed by atoms with van der Waals surface area (Å²) in [5, 5.41) is 0.